The summed E-state index contributed by atoms with van der Waals surface area (Å²) < 4.78 is 6.04. The summed E-state index contributed by atoms with van der Waals surface area (Å²) in [7, 11) is 0. The molecule has 3 heteroatoms. The lowest BCUT2D eigenvalue weighted by Gasteiger charge is -2.31. The molecule has 23 heavy (non-hydrogen) atoms. The molecule has 0 amide bonds. The normalized spacial score (nSPS) is 11.0. The summed E-state index contributed by atoms with van der Waals surface area (Å²) in [6.07, 6.45) is 0. The number of ether oxygens (including phenoxy) is 1. The van der Waals surface area contributed by atoms with Gasteiger partial charge in [-0.05, 0) is 12.1 Å². The molecule has 0 bridgehead atoms. The van der Waals surface area contributed by atoms with Gasteiger partial charge >= 0.3 is 5.97 Å². The summed E-state index contributed by atoms with van der Waals surface area (Å²) in [6.45, 7) is 0. The van der Waals surface area contributed by atoms with Crippen molar-refractivity contribution >= 4 is 5.97 Å². The lowest BCUT2D eigenvalue weighted by atomic mass is 9.86. The molecule has 0 aliphatic carbocycles. The highest BCUT2D eigenvalue weighted by atomic mass is 16.5. The summed E-state index contributed by atoms with van der Waals surface area (Å²) in [6, 6.07) is 27.0. The molecule has 114 valence electrons. The third-order valence-electron chi connectivity index (χ3n) is 3.68. The van der Waals surface area contributed by atoms with Gasteiger partial charge in [0.1, 0.15) is 5.75 Å². The van der Waals surface area contributed by atoms with Gasteiger partial charge in [-0.25, -0.2) is 4.79 Å². The van der Waals surface area contributed by atoms with E-state index in [1.165, 1.54) is 0 Å². The summed E-state index contributed by atoms with van der Waals surface area (Å²) in [5.74, 6) is -0.554. The molecular formula is C20H16O3. The zero-order valence-electron chi connectivity index (χ0n) is 12.4. The number of rotatable bonds is 5. The topological polar surface area (TPSA) is 46.5 Å². The minimum absolute atomic E-state index is 0.502. The number of carboxylic acids is 1. The fourth-order valence-electron chi connectivity index (χ4n) is 2.59. The number of benzene rings is 3. The van der Waals surface area contributed by atoms with Crippen molar-refractivity contribution < 1.29 is 14.6 Å². The standard InChI is InChI=1S/C20H16O3/c21-19(22)20(16-10-4-1-5-11-16,17-12-6-2-7-13-17)23-18-14-8-3-9-15-18/h1-15H,(H,21,22). The van der Waals surface area contributed by atoms with Crippen LogP contribution in [0.15, 0.2) is 91.0 Å². The maximum absolute atomic E-state index is 12.3. The van der Waals surface area contributed by atoms with Gasteiger partial charge in [0.25, 0.3) is 5.60 Å². The molecule has 3 rings (SSSR count). The van der Waals surface area contributed by atoms with E-state index in [1.54, 1.807) is 36.4 Å². The van der Waals surface area contributed by atoms with Gasteiger partial charge in [0.2, 0.25) is 0 Å². The van der Waals surface area contributed by atoms with Crippen molar-refractivity contribution in [2.45, 2.75) is 5.60 Å². The lowest BCUT2D eigenvalue weighted by molar-refractivity contribution is -0.152. The number of hydrogen-bond donors (Lipinski definition) is 1. The van der Waals surface area contributed by atoms with Gasteiger partial charge < -0.3 is 9.84 Å². The molecule has 3 aromatic carbocycles. The van der Waals surface area contributed by atoms with Gasteiger partial charge in [-0.1, -0.05) is 78.9 Å². The first-order valence-corrected chi connectivity index (χ1v) is 7.32. The summed E-state index contributed by atoms with van der Waals surface area (Å²) in [5, 5.41) is 10.1. The molecule has 0 atom stereocenters. The number of carbonyl (C=O) groups is 1. The first-order chi connectivity index (χ1) is 11.2. The highest BCUT2D eigenvalue weighted by Gasteiger charge is 2.45. The van der Waals surface area contributed by atoms with Gasteiger partial charge in [0.15, 0.2) is 0 Å². The number of para-hydroxylation sites is 1. The Bertz CT molecular complexity index is 728. The summed E-state index contributed by atoms with van der Waals surface area (Å²) in [4.78, 5) is 12.3. The monoisotopic (exact) mass is 304 g/mol. The third-order valence-corrected chi connectivity index (χ3v) is 3.68. The fraction of sp³-hybridized carbons (Fsp3) is 0.0500. The van der Waals surface area contributed by atoms with Crippen LogP contribution in [0.4, 0.5) is 0 Å². The van der Waals surface area contributed by atoms with Crippen LogP contribution in [0.25, 0.3) is 0 Å². The predicted molar refractivity (Wildman–Crippen MR) is 88.4 cm³/mol. The van der Waals surface area contributed by atoms with E-state index in [0.717, 1.165) is 0 Å². The Morgan fingerprint density at radius 2 is 1.09 bits per heavy atom. The second kappa shape index (κ2) is 6.36. The molecule has 0 spiro atoms. The van der Waals surface area contributed by atoms with Crippen molar-refractivity contribution in [3.8, 4) is 5.75 Å². The SMILES string of the molecule is O=C(O)C(Oc1ccccc1)(c1ccccc1)c1ccccc1. The number of aliphatic carboxylic acids is 1. The van der Waals surface area contributed by atoms with Crippen molar-refractivity contribution in [3.05, 3.63) is 102 Å². The second-order valence-corrected chi connectivity index (χ2v) is 5.13. The zero-order valence-corrected chi connectivity index (χ0v) is 12.4. The average molecular weight is 304 g/mol. The zero-order chi connectivity index (χ0) is 16.1. The van der Waals surface area contributed by atoms with E-state index in [2.05, 4.69) is 0 Å². The Labute approximate surface area is 134 Å². The van der Waals surface area contributed by atoms with E-state index >= 15 is 0 Å². The first-order valence-electron chi connectivity index (χ1n) is 7.32. The molecule has 3 nitrogen and oxygen atoms in total. The molecule has 0 saturated heterocycles. The Kier molecular flexibility index (Phi) is 4.11. The summed E-state index contributed by atoms with van der Waals surface area (Å²) >= 11 is 0. The predicted octanol–water partition coefficient (Wildman–Crippen LogP) is 4.09. The van der Waals surface area contributed by atoms with Crippen LogP contribution in [0.3, 0.4) is 0 Å². The average Bonchev–Trinajstić information content (AvgIpc) is 2.62. The van der Waals surface area contributed by atoms with Crippen LogP contribution in [0.5, 0.6) is 5.75 Å². The molecule has 0 unspecified atom stereocenters. The second-order valence-electron chi connectivity index (χ2n) is 5.13. The van der Waals surface area contributed by atoms with Crippen LogP contribution in [0, 0.1) is 0 Å². The number of hydrogen-bond acceptors (Lipinski definition) is 2. The molecule has 0 heterocycles. The van der Waals surface area contributed by atoms with Gasteiger partial charge in [0.05, 0.1) is 0 Å². The lowest BCUT2D eigenvalue weighted by Crippen LogP contribution is -2.42. The van der Waals surface area contributed by atoms with Crippen molar-refractivity contribution in [2.75, 3.05) is 0 Å². The maximum Gasteiger partial charge on any atom is 0.357 e. The molecular weight excluding hydrogens is 288 g/mol. The minimum atomic E-state index is -1.59. The van der Waals surface area contributed by atoms with Crippen LogP contribution in [0.2, 0.25) is 0 Å². The van der Waals surface area contributed by atoms with Crippen molar-refractivity contribution in [3.63, 3.8) is 0 Å². The molecule has 3 aromatic rings. The van der Waals surface area contributed by atoms with Gasteiger partial charge in [-0.15, -0.1) is 0 Å². The molecule has 0 aromatic heterocycles. The smallest absolute Gasteiger partial charge is 0.357 e. The number of carboxylic acid groups (broad SMARTS) is 1. The molecule has 0 saturated carbocycles. The Morgan fingerprint density at radius 1 is 0.696 bits per heavy atom. The van der Waals surface area contributed by atoms with Crippen LogP contribution in [-0.4, -0.2) is 11.1 Å². The van der Waals surface area contributed by atoms with Crippen molar-refractivity contribution in [2.24, 2.45) is 0 Å². The first kappa shape index (κ1) is 14.9. The van der Waals surface area contributed by atoms with Gasteiger partial charge in [0, 0.05) is 11.1 Å². The fourth-order valence-corrected chi connectivity index (χ4v) is 2.59. The Hall–Kier alpha value is -3.07. The van der Waals surface area contributed by atoms with Gasteiger partial charge in [-0.2, -0.15) is 0 Å². The van der Waals surface area contributed by atoms with E-state index in [9.17, 15) is 9.90 Å². The molecule has 0 aliphatic heterocycles. The van der Waals surface area contributed by atoms with E-state index in [1.807, 2.05) is 54.6 Å². The highest BCUT2D eigenvalue weighted by Crippen LogP contribution is 2.35. The molecule has 1 N–H and O–H groups in total. The van der Waals surface area contributed by atoms with Crippen molar-refractivity contribution in [1.82, 2.24) is 0 Å². The van der Waals surface area contributed by atoms with Crippen LogP contribution in [0.1, 0.15) is 11.1 Å². The summed E-state index contributed by atoms with van der Waals surface area (Å²) in [5.41, 5.74) is -0.450. The third kappa shape index (κ3) is 2.81. The maximum atomic E-state index is 12.3. The minimum Gasteiger partial charge on any atom is -0.478 e. The van der Waals surface area contributed by atoms with E-state index in [-0.39, 0.29) is 0 Å². The van der Waals surface area contributed by atoms with E-state index in [0.29, 0.717) is 16.9 Å². The van der Waals surface area contributed by atoms with E-state index < -0.39 is 11.6 Å². The Balaban J connectivity index is 2.21. The molecule has 0 radical (unpaired) electrons. The van der Waals surface area contributed by atoms with Crippen molar-refractivity contribution in [1.29, 1.82) is 0 Å². The Morgan fingerprint density at radius 3 is 1.48 bits per heavy atom. The van der Waals surface area contributed by atoms with Crippen LogP contribution in [-0.2, 0) is 10.4 Å². The molecule has 0 aliphatic rings. The quantitative estimate of drug-likeness (QED) is 0.772. The largest absolute Gasteiger partial charge is 0.478 e. The van der Waals surface area contributed by atoms with Crippen LogP contribution < -0.4 is 4.74 Å². The van der Waals surface area contributed by atoms with E-state index in [4.69, 9.17) is 4.74 Å². The van der Waals surface area contributed by atoms with Crippen LogP contribution >= 0.6 is 0 Å². The highest BCUT2D eigenvalue weighted by molar-refractivity contribution is 5.84. The van der Waals surface area contributed by atoms with Gasteiger partial charge in [-0.3, -0.25) is 0 Å². The molecule has 0 fully saturated rings.